The van der Waals surface area contributed by atoms with Crippen molar-refractivity contribution in [2.75, 3.05) is 18.8 Å². The minimum atomic E-state index is -0.110. The maximum absolute atomic E-state index is 11.9. The quantitative estimate of drug-likeness (QED) is 0.817. The van der Waals surface area contributed by atoms with E-state index in [4.69, 9.17) is 5.73 Å². The first-order valence-electron chi connectivity index (χ1n) is 6.67. The zero-order chi connectivity index (χ0) is 14.4. The highest BCUT2D eigenvalue weighted by molar-refractivity contribution is 5.94. The molecule has 0 saturated carbocycles. The summed E-state index contributed by atoms with van der Waals surface area (Å²) < 4.78 is 0. The molecule has 0 spiro atoms. The molecule has 0 aliphatic heterocycles. The van der Waals surface area contributed by atoms with E-state index >= 15 is 0 Å². The third kappa shape index (κ3) is 4.87. The number of nitrogens with one attached hydrogen (secondary N) is 1. The highest BCUT2D eigenvalue weighted by Crippen LogP contribution is 2.04. The van der Waals surface area contributed by atoms with Crippen molar-refractivity contribution in [2.45, 2.75) is 39.8 Å². The Morgan fingerprint density at radius 2 is 2.00 bits per heavy atom. The number of hydrogen-bond donors (Lipinski definition) is 2. The molecule has 1 heterocycles. The van der Waals surface area contributed by atoms with Gasteiger partial charge in [-0.05, 0) is 39.8 Å². The molecule has 5 nitrogen and oxygen atoms in total. The van der Waals surface area contributed by atoms with E-state index in [1.807, 2.05) is 0 Å². The lowest BCUT2D eigenvalue weighted by Crippen LogP contribution is -2.42. The van der Waals surface area contributed by atoms with E-state index in [2.05, 4.69) is 42.9 Å². The smallest absolute Gasteiger partial charge is 0.251 e. The molecular weight excluding hydrogens is 240 g/mol. The summed E-state index contributed by atoms with van der Waals surface area (Å²) in [7, 11) is 0. The van der Waals surface area contributed by atoms with Crippen molar-refractivity contribution in [3.8, 4) is 0 Å². The van der Waals surface area contributed by atoms with Crippen molar-refractivity contribution in [3.63, 3.8) is 0 Å². The van der Waals surface area contributed by atoms with Crippen molar-refractivity contribution >= 4 is 11.7 Å². The van der Waals surface area contributed by atoms with Crippen LogP contribution in [-0.4, -0.2) is 41.0 Å². The first-order valence-corrected chi connectivity index (χ1v) is 6.67. The molecule has 0 atom stereocenters. The number of nitrogens with two attached hydrogens (primary N) is 1. The van der Waals surface area contributed by atoms with Gasteiger partial charge in [-0.25, -0.2) is 4.98 Å². The second-order valence-corrected chi connectivity index (χ2v) is 5.15. The Morgan fingerprint density at radius 3 is 2.53 bits per heavy atom. The monoisotopic (exact) mass is 264 g/mol. The lowest BCUT2D eigenvalue weighted by molar-refractivity contribution is 0.0939. The van der Waals surface area contributed by atoms with Crippen molar-refractivity contribution < 1.29 is 4.79 Å². The van der Waals surface area contributed by atoms with Crippen LogP contribution >= 0.6 is 0 Å². The number of nitrogen functional groups attached to an aromatic ring is 1. The van der Waals surface area contributed by atoms with Gasteiger partial charge in [-0.2, -0.15) is 0 Å². The fourth-order valence-electron chi connectivity index (χ4n) is 2.10. The molecule has 3 N–H and O–H groups in total. The van der Waals surface area contributed by atoms with E-state index < -0.39 is 0 Å². The number of pyridine rings is 1. The second-order valence-electron chi connectivity index (χ2n) is 5.15. The summed E-state index contributed by atoms with van der Waals surface area (Å²) in [4.78, 5) is 18.1. The fourth-order valence-corrected chi connectivity index (χ4v) is 2.10. The van der Waals surface area contributed by atoms with Gasteiger partial charge < -0.3 is 11.1 Å². The second kappa shape index (κ2) is 7.09. The third-order valence-electron chi connectivity index (χ3n) is 3.03. The number of rotatable bonds is 6. The Bertz CT molecular complexity index is 410. The zero-order valence-electron chi connectivity index (χ0n) is 12.2. The summed E-state index contributed by atoms with van der Waals surface area (Å²) >= 11 is 0. The predicted molar refractivity (Wildman–Crippen MR) is 78.0 cm³/mol. The number of amides is 1. The molecule has 1 rings (SSSR count). The number of nitrogens with zero attached hydrogens (tertiary/aromatic N) is 2. The minimum Gasteiger partial charge on any atom is -0.384 e. The first-order chi connectivity index (χ1) is 8.91. The Morgan fingerprint density at radius 1 is 1.37 bits per heavy atom. The van der Waals surface area contributed by atoms with E-state index in [0.717, 1.165) is 6.54 Å². The highest BCUT2D eigenvalue weighted by atomic mass is 16.1. The fraction of sp³-hybridized carbons (Fsp3) is 0.571. The maximum Gasteiger partial charge on any atom is 0.251 e. The summed E-state index contributed by atoms with van der Waals surface area (Å²) in [6, 6.07) is 4.17. The Labute approximate surface area is 115 Å². The molecule has 1 aromatic heterocycles. The molecule has 0 aliphatic rings. The third-order valence-corrected chi connectivity index (χ3v) is 3.03. The van der Waals surface area contributed by atoms with E-state index in [1.54, 1.807) is 18.3 Å². The van der Waals surface area contributed by atoms with Crippen LogP contribution < -0.4 is 11.1 Å². The van der Waals surface area contributed by atoms with Gasteiger partial charge >= 0.3 is 0 Å². The molecule has 1 aromatic rings. The van der Waals surface area contributed by atoms with Crippen molar-refractivity contribution in [1.29, 1.82) is 0 Å². The highest BCUT2D eigenvalue weighted by Gasteiger charge is 2.13. The van der Waals surface area contributed by atoms with Gasteiger partial charge in [0, 0.05) is 36.9 Å². The van der Waals surface area contributed by atoms with Crippen LogP contribution in [0.25, 0.3) is 0 Å². The summed E-state index contributed by atoms with van der Waals surface area (Å²) in [5, 5.41) is 2.90. The SMILES string of the molecule is CC(C)N(CCNC(=O)c1ccnc(N)c1)C(C)C. The van der Waals surface area contributed by atoms with Crippen LogP contribution in [0.3, 0.4) is 0 Å². The summed E-state index contributed by atoms with van der Waals surface area (Å²) in [5.74, 6) is 0.250. The van der Waals surface area contributed by atoms with Crippen LogP contribution in [0.15, 0.2) is 18.3 Å². The molecule has 106 valence electrons. The number of carbonyl (C=O) groups excluding carboxylic acids is 1. The van der Waals surface area contributed by atoms with Gasteiger partial charge in [-0.1, -0.05) is 0 Å². The molecule has 19 heavy (non-hydrogen) atoms. The summed E-state index contributed by atoms with van der Waals surface area (Å²) in [6.07, 6.45) is 1.54. The standard InChI is InChI=1S/C14H24N4O/c1-10(2)18(11(3)4)8-7-17-14(19)12-5-6-16-13(15)9-12/h5-6,9-11H,7-8H2,1-4H3,(H2,15,16)(H,17,19). The average molecular weight is 264 g/mol. The predicted octanol–water partition coefficient (Wildman–Crippen LogP) is 1.51. The molecule has 0 unspecified atom stereocenters. The molecule has 1 amide bonds. The average Bonchev–Trinajstić information content (AvgIpc) is 2.33. The number of carbonyl (C=O) groups is 1. The molecule has 0 radical (unpaired) electrons. The van der Waals surface area contributed by atoms with Gasteiger partial charge in [0.1, 0.15) is 5.82 Å². The van der Waals surface area contributed by atoms with Gasteiger partial charge in [-0.3, -0.25) is 9.69 Å². The van der Waals surface area contributed by atoms with Gasteiger partial charge in [0.2, 0.25) is 0 Å². The Hall–Kier alpha value is -1.62. The molecule has 0 fully saturated rings. The lowest BCUT2D eigenvalue weighted by Gasteiger charge is -2.30. The van der Waals surface area contributed by atoms with Crippen LogP contribution in [0.2, 0.25) is 0 Å². The van der Waals surface area contributed by atoms with Gasteiger partial charge in [0.15, 0.2) is 0 Å². The van der Waals surface area contributed by atoms with Crippen molar-refractivity contribution in [3.05, 3.63) is 23.9 Å². The zero-order valence-corrected chi connectivity index (χ0v) is 12.2. The lowest BCUT2D eigenvalue weighted by atomic mass is 10.2. The summed E-state index contributed by atoms with van der Waals surface area (Å²) in [5.41, 5.74) is 6.10. The molecular formula is C14H24N4O. The van der Waals surface area contributed by atoms with Crippen molar-refractivity contribution in [2.24, 2.45) is 0 Å². The molecule has 0 bridgehead atoms. The van der Waals surface area contributed by atoms with E-state index in [1.165, 1.54) is 0 Å². The topological polar surface area (TPSA) is 71.2 Å². The van der Waals surface area contributed by atoms with E-state index in [9.17, 15) is 4.79 Å². The van der Waals surface area contributed by atoms with Gasteiger partial charge in [0.05, 0.1) is 0 Å². The molecule has 0 saturated heterocycles. The molecule has 5 heteroatoms. The Balaban J connectivity index is 2.47. The number of hydrogen-bond acceptors (Lipinski definition) is 4. The van der Waals surface area contributed by atoms with Crippen LogP contribution in [-0.2, 0) is 0 Å². The maximum atomic E-state index is 11.9. The van der Waals surface area contributed by atoms with Crippen LogP contribution in [0.5, 0.6) is 0 Å². The van der Waals surface area contributed by atoms with Gasteiger partial charge in [0.25, 0.3) is 5.91 Å². The number of aromatic nitrogens is 1. The normalized spacial score (nSPS) is 11.3. The Kier molecular flexibility index (Phi) is 5.76. The van der Waals surface area contributed by atoms with E-state index in [0.29, 0.717) is 30.0 Å². The minimum absolute atomic E-state index is 0.110. The first kappa shape index (κ1) is 15.4. The van der Waals surface area contributed by atoms with Crippen LogP contribution in [0.1, 0.15) is 38.1 Å². The largest absolute Gasteiger partial charge is 0.384 e. The number of anilines is 1. The summed E-state index contributed by atoms with van der Waals surface area (Å²) in [6.45, 7) is 10.1. The molecule has 0 aromatic carbocycles. The van der Waals surface area contributed by atoms with Crippen LogP contribution in [0, 0.1) is 0 Å². The van der Waals surface area contributed by atoms with Crippen molar-refractivity contribution in [1.82, 2.24) is 15.2 Å². The molecule has 0 aliphatic carbocycles. The van der Waals surface area contributed by atoms with Crippen LogP contribution in [0.4, 0.5) is 5.82 Å². The van der Waals surface area contributed by atoms with Gasteiger partial charge in [-0.15, -0.1) is 0 Å². The van der Waals surface area contributed by atoms with E-state index in [-0.39, 0.29) is 5.91 Å².